The molecule has 90 valence electrons. The van der Waals surface area contributed by atoms with Gasteiger partial charge >= 0.3 is 0 Å². The van der Waals surface area contributed by atoms with Crippen LogP contribution in [0.2, 0.25) is 0 Å². The molecular formula is C12H22N4. The first kappa shape index (κ1) is 11.6. The van der Waals surface area contributed by atoms with Crippen LogP contribution in [-0.4, -0.2) is 21.0 Å². The lowest BCUT2D eigenvalue weighted by atomic mass is 9.84. The summed E-state index contributed by atoms with van der Waals surface area (Å²) in [6, 6.07) is 0.607. The smallest absolute Gasteiger partial charge is 0.0738 e. The maximum Gasteiger partial charge on any atom is 0.0738 e. The van der Waals surface area contributed by atoms with Crippen molar-refractivity contribution in [2.24, 2.45) is 13.0 Å². The minimum atomic E-state index is 0.607. The van der Waals surface area contributed by atoms with E-state index in [1.807, 2.05) is 17.9 Å². The first-order chi connectivity index (χ1) is 7.77. The molecule has 1 saturated carbocycles. The molecule has 1 aromatic rings. The maximum absolute atomic E-state index is 3.93. The van der Waals surface area contributed by atoms with E-state index in [4.69, 9.17) is 0 Å². The van der Waals surface area contributed by atoms with Crippen LogP contribution >= 0.6 is 0 Å². The van der Waals surface area contributed by atoms with Gasteiger partial charge in [0.05, 0.1) is 11.9 Å². The molecule has 0 amide bonds. The Bertz CT molecular complexity index is 315. The Kier molecular flexibility index (Phi) is 3.93. The lowest BCUT2D eigenvalue weighted by Gasteiger charge is -2.28. The van der Waals surface area contributed by atoms with Crippen LogP contribution in [0.15, 0.2) is 6.20 Å². The summed E-state index contributed by atoms with van der Waals surface area (Å²) in [5.74, 6) is 0.856. The molecule has 0 saturated heterocycles. The topological polar surface area (TPSA) is 42.7 Å². The largest absolute Gasteiger partial charge is 0.308 e. The fourth-order valence-corrected chi connectivity index (χ4v) is 2.54. The number of nitrogens with one attached hydrogen (secondary N) is 1. The Labute approximate surface area is 97.4 Å². The molecule has 0 spiro atoms. The van der Waals surface area contributed by atoms with Crippen LogP contribution in [0.25, 0.3) is 0 Å². The van der Waals surface area contributed by atoms with Gasteiger partial charge in [-0.25, -0.2) is 0 Å². The van der Waals surface area contributed by atoms with Gasteiger partial charge in [0, 0.05) is 19.6 Å². The summed E-state index contributed by atoms with van der Waals surface area (Å²) in [5.41, 5.74) is 1.16. The van der Waals surface area contributed by atoms with Gasteiger partial charge in [0.2, 0.25) is 0 Å². The van der Waals surface area contributed by atoms with Gasteiger partial charge in [-0.1, -0.05) is 24.5 Å². The molecule has 1 atom stereocenters. The van der Waals surface area contributed by atoms with Gasteiger partial charge < -0.3 is 5.32 Å². The Morgan fingerprint density at radius 2 is 2.19 bits per heavy atom. The Morgan fingerprint density at radius 3 is 2.81 bits per heavy atom. The van der Waals surface area contributed by atoms with E-state index in [0.29, 0.717) is 6.04 Å². The zero-order chi connectivity index (χ0) is 11.4. The molecule has 1 aliphatic carbocycles. The number of rotatable bonds is 4. The predicted octanol–water partition coefficient (Wildman–Crippen LogP) is 1.87. The number of nitrogens with zero attached hydrogens (tertiary/aromatic N) is 3. The highest BCUT2D eigenvalue weighted by atomic mass is 15.4. The highest BCUT2D eigenvalue weighted by molar-refractivity contribution is 4.93. The summed E-state index contributed by atoms with van der Waals surface area (Å²) >= 11 is 0. The fraction of sp³-hybridized carbons (Fsp3) is 0.833. The van der Waals surface area contributed by atoms with E-state index in [1.165, 1.54) is 32.1 Å². The van der Waals surface area contributed by atoms with Crippen molar-refractivity contribution in [2.45, 2.75) is 51.6 Å². The van der Waals surface area contributed by atoms with Crippen LogP contribution in [0.1, 0.15) is 44.7 Å². The molecule has 1 aliphatic rings. The van der Waals surface area contributed by atoms with E-state index in [9.17, 15) is 0 Å². The van der Waals surface area contributed by atoms with Crippen molar-refractivity contribution in [3.63, 3.8) is 0 Å². The average molecular weight is 222 g/mol. The lowest BCUT2D eigenvalue weighted by Crippen LogP contribution is -2.34. The number of aromatic nitrogens is 3. The highest BCUT2D eigenvalue weighted by Gasteiger charge is 2.19. The summed E-state index contributed by atoms with van der Waals surface area (Å²) in [4.78, 5) is 0. The summed E-state index contributed by atoms with van der Waals surface area (Å²) < 4.78 is 1.83. The van der Waals surface area contributed by atoms with Crippen molar-refractivity contribution in [3.8, 4) is 0 Å². The van der Waals surface area contributed by atoms with Crippen LogP contribution in [0.3, 0.4) is 0 Å². The molecule has 1 heterocycles. The lowest BCUT2D eigenvalue weighted by molar-refractivity contribution is 0.279. The van der Waals surface area contributed by atoms with E-state index in [0.717, 1.165) is 18.2 Å². The van der Waals surface area contributed by atoms with E-state index in [2.05, 4.69) is 22.6 Å². The standard InChI is InChI=1S/C12H22N4/c1-10(11-6-4-3-5-7-11)13-8-12-9-14-15-16(12)2/h9-11,13H,3-8H2,1-2H3/t10-/m1/s1. The monoisotopic (exact) mass is 222 g/mol. The Morgan fingerprint density at radius 1 is 1.44 bits per heavy atom. The van der Waals surface area contributed by atoms with Gasteiger partial charge in [-0.3, -0.25) is 4.68 Å². The van der Waals surface area contributed by atoms with E-state index >= 15 is 0 Å². The third-order valence-corrected chi connectivity index (χ3v) is 3.77. The molecule has 1 aromatic heterocycles. The molecule has 0 aliphatic heterocycles. The van der Waals surface area contributed by atoms with Crippen molar-refractivity contribution in [3.05, 3.63) is 11.9 Å². The van der Waals surface area contributed by atoms with Crippen molar-refractivity contribution in [1.29, 1.82) is 0 Å². The molecular weight excluding hydrogens is 200 g/mol. The summed E-state index contributed by atoms with van der Waals surface area (Å²) in [6.45, 7) is 3.18. The highest BCUT2D eigenvalue weighted by Crippen LogP contribution is 2.26. The molecule has 4 nitrogen and oxygen atoms in total. The second-order valence-electron chi connectivity index (χ2n) is 4.92. The Hall–Kier alpha value is -0.900. The quantitative estimate of drug-likeness (QED) is 0.845. The van der Waals surface area contributed by atoms with E-state index in [-0.39, 0.29) is 0 Å². The van der Waals surface area contributed by atoms with Gasteiger partial charge in [-0.2, -0.15) is 0 Å². The third-order valence-electron chi connectivity index (χ3n) is 3.77. The molecule has 0 bridgehead atoms. The van der Waals surface area contributed by atoms with Gasteiger partial charge in [0.25, 0.3) is 0 Å². The molecule has 1 fully saturated rings. The third kappa shape index (κ3) is 2.82. The molecule has 0 aromatic carbocycles. The van der Waals surface area contributed by atoms with Crippen LogP contribution in [0, 0.1) is 5.92 Å². The minimum absolute atomic E-state index is 0.607. The minimum Gasteiger partial charge on any atom is -0.308 e. The predicted molar refractivity (Wildman–Crippen MR) is 63.9 cm³/mol. The SMILES string of the molecule is C[C@@H](NCc1cnnn1C)C1CCCCC1. The number of aryl methyl sites for hydroxylation is 1. The van der Waals surface area contributed by atoms with Crippen LogP contribution in [0.4, 0.5) is 0 Å². The van der Waals surface area contributed by atoms with Crippen LogP contribution in [0.5, 0.6) is 0 Å². The molecule has 0 unspecified atom stereocenters. The van der Waals surface area contributed by atoms with Gasteiger partial charge in [0.1, 0.15) is 0 Å². The summed E-state index contributed by atoms with van der Waals surface area (Å²) in [5, 5.41) is 11.4. The molecule has 1 N–H and O–H groups in total. The zero-order valence-corrected chi connectivity index (χ0v) is 10.3. The van der Waals surface area contributed by atoms with Gasteiger partial charge in [-0.15, -0.1) is 5.10 Å². The normalized spacial score (nSPS) is 19.9. The summed E-state index contributed by atoms with van der Waals surface area (Å²) in [7, 11) is 1.94. The molecule has 4 heteroatoms. The van der Waals surface area contributed by atoms with Crippen molar-refractivity contribution in [1.82, 2.24) is 20.3 Å². The first-order valence-corrected chi connectivity index (χ1v) is 6.34. The molecule has 0 radical (unpaired) electrons. The second kappa shape index (κ2) is 5.43. The van der Waals surface area contributed by atoms with Gasteiger partial charge in [-0.05, 0) is 25.7 Å². The van der Waals surface area contributed by atoms with E-state index < -0.39 is 0 Å². The average Bonchev–Trinajstić information content (AvgIpc) is 2.73. The maximum atomic E-state index is 3.93. The fourth-order valence-electron chi connectivity index (χ4n) is 2.54. The second-order valence-corrected chi connectivity index (χ2v) is 4.92. The molecule has 16 heavy (non-hydrogen) atoms. The number of hydrogen-bond acceptors (Lipinski definition) is 3. The van der Waals surface area contributed by atoms with Crippen LogP contribution in [-0.2, 0) is 13.6 Å². The van der Waals surface area contributed by atoms with Crippen molar-refractivity contribution >= 4 is 0 Å². The van der Waals surface area contributed by atoms with Crippen molar-refractivity contribution < 1.29 is 0 Å². The van der Waals surface area contributed by atoms with E-state index in [1.54, 1.807) is 0 Å². The Balaban J connectivity index is 1.78. The van der Waals surface area contributed by atoms with Crippen molar-refractivity contribution in [2.75, 3.05) is 0 Å². The van der Waals surface area contributed by atoms with Crippen LogP contribution < -0.4 is 5.32 Å². The first-order valence-electron chi connectivity index (χ1n) is 6.34. The van der Waals surface area contributed by atoms with Gasteiger partial charge in [0.15, 0.2) is 0 Å². The molecule has 2 rings (SSSR count). The number of hydrogen-bond donors (Lipinski definition) is 1. The zero-order valence-electron chi connectivity index (χ0n) is 10.3. The summed E-state index contributed by atoms with van der Waals surface area (Å²) in [6.07, 6.45) is 8.85.